The molecule has 0 spiro atoms. The highest BCUT2D eigenvalue weighted by Gasteiger charge is 2.09. The lowest BCUT2D eigenvalue weighted by Gasteiger charge is -2.21. The molecular formula is C17H21N3O. The van der Waals surface area contributed by atoms with Gasteiger partial charge in [0.05, 0.1) is 0 Å². The standard InChI is InChI=1S/C17H21N3O/c1-4-20(5-2)15-10-8-14(9-11-15)17(21)19-16-13(3)7-6-12-18-16/h6-12H,4-5H2,1-3H3,(H,18,19,21). The van der Waals surface area contributed by atoms with Gasteiger partial charge in [-0.15, -0.1) is 0 Å². The van der Waals surface area contributed by atoms with Crippen LogP contribution in [-0.2, 0) is 0 Å². The van der Waals surface area contributed by atoms with E-state index in [1.54, 1.807) is 6.20 Å². The van der Waals surface area contributed by atoms with Crippen LogP contribution < -0.4 is 10.2 Å². The van der Waals surface area contributed by atoms with Crippen molar-refractivity contribution in [2.45, 2.75) is 20.8 Å². The molecule has 4 nitrogen and oxygen atoms in total. The van der Waals surface area contributed by atoms with E-state index in [9.17, 15) is 4.79 Å². The zero-order chi connectivity index (χ0) is 15.2. The van der Waals surface area contributed by atoms with Crippen molar-refractivity contribution < 1.29 is 4.79 Å². The Hall–Kier alpha value is -2.36. The van der Waals surface area contributed by atoms with Gasteiger partial charge < -0.3 is 10.2 Å². The number of amides is 1. The van der Waals surface area contributed by atoms with E-state index in [-0.39, 0.29) is 5.91 Å². The molecule has 1 N–H and O–H groups in total. The van der Waals surface area contributed by atoms with Gasteiger partial charge in [-0.05, 0) is 56.7 Å². The lowest BCUT2D eigenvalue weighted by molar-refractivity contribution is 0.102. The zero-order valence-corrected chi connectivity index (χ0v) is 12.8. The first kappa shape index (κ1) is 15.0. The number of anilines is 2. The molecule has 0 atom stereocenters. The number of nitrogens with one attached hydrogen (secondary N) is 1. The largest absolute Gasteiger partial charge is 0.372 e. The first-order valence-corrected chi connectivity index (χ1v) is 7.23. The van der Waals surface area contributed by atoms with Gasteiger partial charge in [-0.25, -0.2) is 4.98 Å². The SMILES string of the molecule is CCN(CC)c1ccc(C(=O)Nc2ncccc2C)cc1. The Labute approximate surface area is 125 Å². The van der Waals surface area contributed by atoms with Crippen LogP contribution in [0.4, 0.5) is 11.5 Å². The van der Waals surface area contributed by atoms with Gasteiger partial charge in [0, 0.05) is 30.5 Å². The smallest absolute Gasteiger partial charge is 0.256 e. The Morgan fingerprint density at radius 1 is 1.14 bits per heavy atom. The van der Waals surface area contributed by atoms with Crippen LogP contribution in [0.3, 0.4) is 0 Å². The summed E-state index contributed by atoms with van der Waals surface area (Å²) in [5, 5.41) is 2.84. The summed E-state index contributed by atoms with van der Waals surface area (Å²) in [5.74, 6) is 0.471. The molecule has 0 saturated carbocycles. The normalized spacial score (nSPS) is 10.2. The molecule has 1 aromatic heterocycles. The molecular weight excluding hydrogens is 262 g/mol. The average Bonchev–Trinajstić information content (AvgIpc) is 2.51. The second-order valence-corrected chi connectivity index (χ2v) is 4.84. The summed E-state index contributed by atoms with van der Waals surface area (Å²) in [6, 6.07) is 11.4. The van der Waals surface area contributed by atoms with Crippen molar-refractivity contribution >= 4 is 17.4 Å². The molecule has 2 aromatic rings. The number of benzene rings is 1. The predicted molar refractivity (Wildman–Crippen MR) is 86.9 cm³/mol. The van der Waals surface area contributed by atoms with Crippen LogP contribution in [0.1, 0.15) is 29.8 Å². The third kappa shape index (κ3) is 3.60. The van der Waals surface area contributed by atoms with Gasteiger partial charge in [-0.1, -0.05) is 6.07 Å². The van der Waals surface area contributed by atoms with E-state index in [1.165, 1.54) is 0 Å². The third-order valence-corrected chi connectivity index (χ3v) is 3.50. The maximum absolute atomic E-state index is 12.2. The van der Waals surface area contributed by atoms with Crippen molar-refractivity contribution in [2.75, 3.05) is 23.3 Å². The monoisotopic (exact) mass is 283 g/mol. The minimum atomic E-state index is -0.136. The van der Waals surface area contributed by atoms with Gasteiger partial charge in [-0.3, -0.25) is 4.79 Å². The average molecular weight is 283 g/mol. The fourth-order valence-corrected chi connectivity index (χ4v) is 2.21. The molecule has 1 amide bonds. The van der Waals surface area contributed by atoms with Crippen LogP contribution in [0.15, 0.2) is 42.6 Å². The van der Waals surface area contributed by atoms with Crippen LogP contribution in [-0.4, -0.2) is 24.0 Å². The summed E-state index contributed by atoms with van der Waals surface area (Å²) in [5.41, 5.74) is 2.71. The second kappa shape index (κ2) is 6.88. The fourth-order valence-electron chi connectivity index (χ4n) is 2.21. The zero-order valence-electron chi connectivity index (χ0n) is 12.8. The van der Waals surface area contributed by atoms with Crippen LogP contribution in [0.2, 0.25) is 0 Å². The van der Waals surface area contributed by atoms with E-state index >= 15 is 0 Å². The van der Waals surface area contributed by atoms with Crippen molar-refractivity contribution in [1.82, 2.24) is 4.98 Å². The Kier molecular flexibility index (Phi) is 4.93. The number of rotatable bonds is 5. The molecule has 0 radical (unpaired) electrons. The Balaban J connectivity index is 2.12. The molecule has 0 unspecified atom stereocenters. The van der Waals surface area contributed by atoms with Gasteiger partial charge in [0.15, 0.2) is 0 Å². The van der Waals surface area contributed by atoms with Crippen LogP contribution in [0, 0.1) is 6.92 Å². The van der Waals surface area contributed by atoms with E-state index < -0.39 is 0 Å². The van der Waals surface area contributed by atoms with Gasteiger partial charge in [0.25, 0.3) is 5.91 Å². The fraction of sp³-hybridized carbons (Fsp3) is 0.294. The number of aromatic nitrogens is 1. The maximum Gasteiger partial charge on any atom is 0.256 e. The lowest BCUT2D eigenvalue weighted by atomic mass is 10.1. The number of carbonyl (C=O) groups excluding carboxylic acids is 1. The van der Waals surface area contributed by atoms with Crippen molar-refractivity contribution in [1.29, 1.82) is 0 Å². The number of aryl methyl sites for hydroxylation is 1. The molecule has 1 heterocycles. The van der Waals surface area contributed by atoms with Crippen molar-refractivity contribution in [3.8, 4) is 0 Å². The molecule has 4 heteroatoms. The van der Waals surface area contributed by atoms with E-state index in [4.69, 9.17) is 0 Å². The number of nitrogens with zero attached hydrogens (tertiary/aromatic N) is 2. The van der Waals surface area contributed by atoms with Crippen LogP contribution in [0.25, 0.3) is 0 Å². The molecule has 0 bridgehead atoms. The number of pyridine rings is 1. The first-order valence-electron chi connectivity index (χ1n) is 7.23. The molecule has 0 aliphatic heterocycles. The van der Waals surface area contributed by atoms with Gasteiger partial charge in [0.1, 0.15) is 5.82 Å². The molecule has 0 aliphatic carbocycles. The van der Waals surface area contributed by atoms with E-state index in [0.717, 1.165) is 24.3 Å². The summed E-state index contributed by atoms with van der Waals surface area (Å²) in [7, 11) is 0. The highest BCUT2D eigenvalue weighted by Crippen LogP contribution is 2.16. The van der Waals surface area contributed by atoms with E-state index in [1.807, 2.05) is 43.3 Å². The van der Waals surface area contributed by atoms with Gasteiger partial charge in [-0.2, -0.15) is 0 Å². The van der Waals surface area contributed by atoms with E-state index in [0.29, 0.717) is 11.4 Å². The predicted octanol–water partition coefficient (Wildman–Crippen LogP) is 3.49. The van der Waals surface area contributed by atoms with Gasteiger partial charge in [0.2, 0.25) is 0 Å². The minimum absolute atomic E-state index is 0.136. The molecule has 1 aromatic carbocycles. The molecule has 0 fully saturated rings. The molecule has 21 heavy (non-hydrogen) atoms. The number of carbonyl (C=O) groups is 1. The van der Waals surface area contributed by atoms with Crippen molar-refractivity contribution in [3.63, 3.8) is 0 Å². The van der Waals surface area contributed by atoms with Crippen molar-refractivity contribution in [3.05, 3.63) is 53.7 Å². The maximum atomic E-state index is 12.2. The topological polar surface area (TPSA) is 45.2 Å². The summed E-state index contributed by atoms with van der Waals surface area (Å²) >= 11 is 0. The minimum Gasteiger partial charge on any atom is -0.372 e. The molecule has 0 aliphatic rings. The third-order valence-electron chi connectivity index (χ3n) is 3.50. The quantitative estimate of drug-likeness (QED) is 0.913. The first-order chi connectivity index (χ1) is 10.2. The van der Waals surface area contributed by atoms with E-state index in [2.05, 4.69) is 29.0 Å². The highest BCUT2D eigenvalue weighted by atomic mass is 16.1. The molecule has 0 saturated heterocycles. The van der Waals surface area contributed by atoms with Gasteiger partial charge >= 0.3 is 0 Å². The Morgan fingerprint density at radius 3 is 2.38 bits per heavy atom. The Bertz CT molecular complexity index is 604. The van der Waals surface area contributed by atoms with Crippen LogP contribution in [0.5, 0.6) is 0 Å². The summed E-state index contributed by atoms with van der Waals surface area (Å²) < 4.78 is 0. The number of hydrogen-bond donors (Lipinski definition) is 1. The molecule has 110 valence electrons. The lowest BCUT2D eigenvalue weighted by Crippen LogP contribution is -2.22. The Morgan fingerprint density at radius 2 is 1.81 bits per heavy atom. The summed E-state index contributed by atoms with van der Waals surface area (Å²) in [6.07, 6.45) is 1.67. The summed E-state index contributed by atoms with van der Waals surface area (Å²) in [6.45, 7) is 8.07. The molecule has 2 rings (SSSR count). The second-order valence-electron chi connectivity index (χ2n) is 4.84. The van der Waals surface area contributed by atoms with Crippen LogP contribution >= 0.6 is 0 Å². The van der Waals surface area contributed by atoms with Crippen molar-refractivity contribution in [2.24, 2.45) is 0 Å². The summed E-state index contributed by atoms with van der Waals surface area (Å²) in [4.78, 5) is 18.6. The number of hydrogen-bond acceptors (Lipinski definition) is 3. The highest BCUT2D eigenvalue weighted by molar-refractivity contribution is 6.04.